The topological polar surface area (TPSA) is 88.9 Å². The number of piperidine rings is 1. The SMILES string of the molecule is COC(CN1CCN(c2ccc3c(C4CCC(=O)NC4=O)nn(C)c3c2)[C@H](C)C1)OC. The van der Waals surface area contributed by atoms with Crippen LogP contribution in [0.25, 0.3) is 10.9 Å². The van der Waals surface area contributed by atoms with E-state index in [4.69, 9.17) is 9.47 Å². The fraction of sp³-hybridized carbons (Fsp3) is 0.591. The number of fused-ring (bicyclic) bond motifs is 1. The van der Waals surface area contributed by atoms with Gasteiger partial charge in [0.25, 0.3) is 0 Å². The lowest BCUT2D eigenvalue weighted by Gasteiger charge is -2.42. The Bertz CT molecular complexity index is 970. The van der Waals surface area contributed by atoms with E-state index in [0.29, 0.717) is 18.9 Å². The Morgan fingerprint density at radius 1 is 1.23 bits per heavy atom. The van der Waals surface area contributed by atoms with E-state index in [0.717, 1.165) is 48.5 Å². The van der Waals surface area contributed by atoms with Crippen LogP contribution >= 0.6 is 0 Å². The first-order valence-electron chi connectivity index (χ1n) is 10.8. The molecule has 2 aliphatic heterocycles. The normalized spacial score (nSPS) is 23.1. The average Bonchev–Trinajstić information content (AvgIpc) is 3.08. The first-order valence-corrected chi connectivity index (χ1v) is 10.8. The number of anilines is 1. The first-order chi connectivity index (χ1) is 14.9. The molecule has 4 rings (SSSR count). The summed E-state index contributed by atoms with van der Waals surface area (Å²) in [5, 5.41) is 8.05. The summed E-state index contributed by atoms with van der Waals surface area (Å²) in [4.78, 5) is 28.6. The second kappa shape index (κ2) is 8.94. The van der Waals surface area contributed by atoms with Crippen LogP contribution < -0.4 is 10.2 Å². The molecule has 9 heteroatoms. The van der Waals surface area contributed by atoms with Crippen LogP contribution in [0.15, 0.2) is 18.2 Å². The number of ether oxygens (including phenoxy) is 2. The van der Waals surface area contributed by atoms with Crippen molar-refractivity contribution in [3.63, 3.8) is 0 Å². The Morgan fingerprint density at radius 3 is 2.68 bits per heavy atom. The lowest BCUT2D eigenvalue weighted by Crippen LogP contribution is -2.53. The molecule has 1 unspecified atom stereocenters. The van der Waals surface area contributed by atoms with Crippen molar-refractivity contribution in [1.82, 2.24) is 20.0 Å². The molecule has 0 aliphatic carbocycles. The molecule has 0 bridgehead atoms. The van der Waals surface area contributed by atoms with E-state index in [1.165, 1.54) is 0 Å². The molecule has 9 nitrogen and oxygen atoms in total. The van der Waals surface area contributed by atoms with Gasteiger partial charge in [0, 0.05) is 71.0 Å². The van der Waals surface area contributed by atoms with Gasteiger partial charge in [0.1, 0.15) is 0 Å². The Labute approximate surface area is 182 Å². The van der Waals surface area contributed by atoms with Crippen molar-refractivity contribution in [1.29, 1.82) is 0 Å². The molecule has 0 radical (unpaired) electrons. The van der Waals surface area contributed by atoms with Gasteiger partial charge in [0.2, 0.25) is 11.8 Å². The van der Waals surface area contributed by atoms with Crippen LogP contribution in [-0.4, -0.2) is 79.2 Å². The van der Waals surface area contributed by atoms with Crippen molar-refractivity contribution in [2.75, 3.05) is 45.3 Å². The summed E-state index contributed by atoms with van der Waals surface area (Å²) in [5.74, 6) is -0.848. The van der Waals surface area contributed by atoms with Gasteiger partial charge in [-0.05, 0) is 31.5 Å². The molecule has 31 heavy (non-hydrogen) atoms. The molecule has 2 aromatic rings. The van der Waals surface area contributed by atoms with Crippen molar-refractivity contribution in [3.8, 4) is 0 Å². The zero-order valence-corrected chi connectivity index (χ0v) is 18.6. The summed E-state index contributed by atoms with van der Waals surface area (Å²) in [7, 11) is 5.23. The second-order valence-electron chi connectivity index (χ2n) is 8.42. The van der Waals surface area contributed by atoms with Gasteiger partial charge in [-0.3, -0.25) is 24.5 Å². The summed E-state index contributed by atoms with van der Waals surface area (Å²) >= 11 is 0. The molecule has 0 spiro atoms. The summed E-state index contributed by atoms with van der Waals surface area (Å²) < 4.78 is 12.5. The van der Waals surface area contributed by atoms with Crippen LogP contribution in [0.1, 0.15) is 31.4 Å². The number of methoxy groups -OCH3 is 2. The predicted octanol–water partition coefficient (Wildman–Crippen LogP) is 1.22. The standard InChI is InChI=1S/C22H31N5O4/c1-14-12-26(13-20(30-3)31-4)9-10-27(14)15-5-6-16-18(11-15)25(2)24-21(16)17-7-8-19(28)23-22(17)29/h5-6,11,14,17,20H,7-10,12-13H2,1-4H3,(H,23,28,29)/t14-,17?/m1/s1. The van der Waals surface area contributed by atoms with Crippen molar-refractivity contribution in [2.45, 2.75) is 38.0 Å². The van der Waals surface area contributed by atoms with Crippen molar-refractivity contribution < 1.29 is 19.1 Å². The molecule has 2 saturated heterocycles. The van der Waals surface area contributed by atoms with Crippen LogP contribution in [0.2, 0.25) is 0 Å². The molecular formula is C22H31N5O4. The molecule has 1 aromatic heterocycles. The van der Waals surface area contributed by atoms with E-state index >= 15 is 0 Å². The minimum absolute atomic E-state index is 0.209. The number of rotatable bonds is 6. The van der Waals surface area contributed by atoms with Gasteiger partial charge in [-0.2, -0.15) is 5.10 Å². The van der Waals surface area contributed by atoms with Crippen LogP contribution in [0.5, 0.6) is 0 Å². The minimum atomic E-state index is -0.385. The van der Waals surface area contributed by atoms with E-state index in [-0.39, 0.29) is 24.0 Å². The molecule has 2 fully saturated rings. The molecule has 168 valence electrons. The molecule has 0 saturated carbocycles. The highest BCUT2D eigenvalue weighted by Crippen LogP contribution is 2.33. The molecule has 2 amide bonds. The fourth-order valence-electron chi connectivity index (χ4n) is 4.70. The Balaban J connectivity index is 1.53. The number of carbonyl (C=O) groups excluding carboxylic acids is 2. The van der Waals surface area contributed by atoms with Gasteiger partial charge in [-0.15, -0.1) is 0 Å². The maximum absolute atomic E-state index is 12.4. The largest absolute Gasteiger partial charge is 0.366 e. The highest BCUT2D eigenvalue weighted by molar-refractivity contribution is 6.02. The number of imide groups is 1. The molecule has 3 heterocycles. The third-order valence-electron chi connectivity index (χ3n) is 6.41. The number of nitrogens with one attached hydrogen (secondary N) is 1. The van der Waals surface area contributed by atoms with E-state index in [1.54, 1.807) is 14.2 Å². The number of nitrogens with zero attached hydrogens (tertiary/aromatic N) is 4. The van der Waals surface area contributed by atoms with Gasteiger partial charge in [0.05, 0.1) is 17.1 Å². The van der Waals surface area contributed by atoms with E-state index in [9.17, 15) is 9.59 Å². The van der Waals surface area contributed by atoms with Gasteiger partial charge >= 0.3 is 0 Å². The summed E-state index contributed by atoms with van der Waals surface area (Å²) in [5.41, 5.74) is 2.88. The third-order valence-corrected chi connectivity index (χ3v) is 6.41. The number of hydrogen-bond acceptors (Lipinski definition) is 7. The molecule has 1 aromatic carbocycles. The minimum Gasteiger partial charge on any atom is -0.366 e. The highest BCUT2D eigenvalue weighted by atomic mass is 16.7. The number of carbonyl (C=O) groups is 2. The number of amides is 2. The van der Waals surface area contributed by atoms with Crippen molar-refractivity contribution in [2.24, 2.45) is 7.05 Å². The van der Waals surface area contributed by atoms with Crippen LogP contribution in [0, 0.1) is 0 Å². The van der Waals surface area contributed by atoms with Gasteiger partial charge in [-0.25, -0.2) is 0 Å². The number of benzene rings is 1. The van der Waals surface area contributed by atoms with Gasteiger partial charge < -0.3 is 14.4 Å². The van der Waals surface area contributed by atoms with E-state index < -0.39 is 0 Å². The molecule has 1 N–H and O–H groups in total. The second-order valence-corrected chi connectivity index (χ2v) is 8.42. The third kappa shape index (κ3) is 4.30. The van der Waals surface area contributed by atoms with E-state index in [2.05, 4.69) is 45.3 Å². The zero-order valence-electron chi connectivity index (χ0n) is 18.6. The Morgan fingerprint density at radius 2 is 2.00 bits per heavy atom. The average molecular weight is 430 g/mol. The highest BCUT2D eigenvalue weighted by Gasteiger charge is 2.32. The molecule has 2 atom stereocenters. The Kier molecular flexibility index (Phi) is 6.27. The number of hydrogen-bond donors (Lipinski definition) is 1. The van der Waals surface area contributed by atoms with Crippen molar-refractivity contribution in [3.05, 3.63) is 23.9 Å². The summed E-state index contributed by atoms with van der Waals surface area (Å²) in [6.45, 7) is 5.74. The monoisotopic (exact) mass is 429 g/mol. The smallest absolute Gasteiger partial charge is 0.235 e. The Hall–Kier alpha value is -2.49. The maximum atomic E-state index is 12.4. The van der Waals surface area contributed by atoms with Crippen LogP contribution in [0.4, 0.5) is 5.69 Å². The number of aryl methyl sites for hydroxylation is 1. The summed E-state index contributed by atoms with van der Waals surface area (Å²) in [6.07, 6.45) is 0.637. The predicted molar refractivity (Wildman–Crippen MR) is 117 cm³/mol. The maximum Gasteiger partial charge on any atom is 0.235 e. The summed E-state index contributed by atoms with van der Waals surface area (Å²) in [6, 6.07) is 6.65. The fourth-order valence-corrected chi connectivity index (χ4v) is 4.70. The zero-order chi connectivity index (χ0) is 22.1. The quantitative estimate of drug-likeness (QED) is 0.546. The van der Waals surface area contributed by atoms with Crippen LogP contribution in [0.3, 0.4) is 0 Å². The van der Waals surface area contributed by atoms with Gasteiger partial charge in [0.15, 0.2) is 6.29 Å². The number of aromatic nitrogens is 2. The molecule has 2 aliphatic rings. The lowest BCUT2D eigenvalue weighted by molar-refractivity contribution is -0.134. The number of piperazine rings is 1. The molecular weight excluding hydrogens is 398 g/mol. The van der Waals surface area contributed by atoms with Crippen molar-refractivity contribution >= 4 is 28.4 Å². The van der Waals surface area contributed by atoms with Crippen LogP contribution in [-0.2, 0) is 26.1 Å². The first kappa shape index (κ1) is 21.7. The van der Waals surface area contributed by atoms with Gasteiger partial charge in [-0.1, -0.05) is 0 Å². The van der Waals surface area contributed by atoms with E-state index in [1.807, 2.05) is 11.7 Å². The lowest BCUT2D eigenvalue weighted by atomic mass is 9.92.